The van der Waals surface area contributed by atoms with Crippen molar-refractivity contribution in [2.45, 2.75) is 20.8 Å². The van der Waals surface area contributed by atoms with Gasteiger partial charge in [-0.3, -0.25) is 0 Å². The van der Waals surface area contributed by atoms with Crippen molar-refractivity contribution in [3.8, 4) is 11.5 Å². The SMILES string of the molecule is Cc1ccccc1-c1oc(C)c(C)[n+]1[O-].[Cl-]. The van der Waals surface area contributed by atoms with Crippen LogP contribution in [-0.4, -0.2) is 0 Å². The molecule has 1 aromatic carbocycles. The fourth-order valence-electron chi connectivity index (χ4n) is 1.53. The maximum absolute atomic E-state index is 11.8. The Morgan fingerprint density at radius 3 is 2.25 bits per heavy atom. The molecule has 0 radical (unpaired) electrons. The van der Waals surface area contributed by atoms with Crippen molar-refractivity contribution in [1.82, 2.24) is 0 Å². The molecule has 1 heterocycles. The number of rotatable bonds is 1. The number of hydrogen-bond donors (Lipinski definition) is 0. The number of nitrogens with zero attached hydrogens (tertiary/aromatic N) is 1. The second kappa shape index (κ2) is 4.58. The molecule has 0 N–H and O–H groups in total. The van der Waals surface area contributed by atoms with Crippen LogP contribution in [0.4, 0.5) is 0 Å². The summed E-state index contributed by atoms with van der Waals surface area (Å²) >= 11 is 0. The molecule has 3 nitrogen and oxygen atoms in total. The third kappa shape index (κ3) is 1.91. The quantitative estimate of drug-likeness (QED) is 0.497. The van der Waals surface area contributed by atoms with Crippen LogP contribution in [0.5, 0.6) is 0 Å². The van der Waals surface area contributed by atoms with Gasteiger partial charge in [0, 0.05) is 13.8 Å². The highest BCUT2D eigenvalue weighted by molar-refractivity contribution is 5.56. The van der Waals surface area contributed by atoms with Gasteiger partial charge < -0.3 is 22.0 Å². The number of hydrogen-bond acceptors (Lipinski definition) is 2. The number of oxazole rings is 1. The largest absolute Gasteiger partial charge is 1.00 e. The predicted octanol–water partition coefficient (Wildman–Crippen LogP) is -0.491. The van der Waals surface area contributed by atoms with Crippen LogP contribution in [0.2, 0.25) is 0 Å². The molecule has 1 aromatic heterocycles. The first kappa shape index (κ1) is 12.6. The van der Waals surface area contributed by atoms with Gasteiger partial charge >= 0.3 is 5.89 Å². The number of benzene rings is 1. The summed E-state index contributed by atoms with van der Waals surface area (Å²) in [7, 11) is 0. The van der Waals surface area contributed by atoms with Gasteiger partial charge in [0.15, 0.2) is 5.76 Å². The smallest absolute Gasteiger partial charge is 0.392 e. The van der Waals surface area contributed by atoms with Crippen LogP contribution in [-0.2, 0) is 0 Å². The van der Waals surface area contributed by atoms with Crippen LogP contribution in [0.1, 0.15) is 17.0 Å². The van der Waals surface area contributed by atoms with Gasteiger partial charge in [-0.2, -0.15) is 0 Å². The topological polar surface area (TPSA) is 40.1 Å². The van der Waals surface area contributed by atoms with Crippen molar-refractivity contribution in [3.05, 3.63) is 46.5 Å². The van der Waals surface area contributed by atoms with Crippen LogP contribution in [0, 0.1) is 26.0 Å². The van der Waals surface area contributed by atoms with E-state index in [0.717, 1.165) is 15.9 Å². The summed E-state index contributed by atoms with van der Waals surface area (Å²) in [6.45, 7) is 5.52. The van der Waals surface area contributed by atoms with Gasteiger partial charge in [0.25, 0.3) is 0 Å². The highest BCUT2D eigenvalue weighted by Gasteiger charge is 2.21. The van der Waals surface area contributed by atoms with Crippen molar-refractivity contribution in [1.29, 1.82) is 0 Å². The molecule has 0 spiro atoms. The van der Waals surface area contributed by atoms with Gasteiger partial charge in [0.1, 0.15) is 0 Å². The van der Waals surface area contributed by atoms with Crippen molar-refractivity contribution in [2.75, 3.05) is 0 Å². The molecule has 0 aliphatic heterocycles. The van der Waals surface area contributed by atoms with Crippen molar-refractivity contribution < 1.29 is 21.6 Å². The van der Waals surface area contributed by atoms with E-state index >= 15 is 0 Å². The minimum Gasteiger partial charge on any atom is -1.00 e. The first-order valence-electron chi connectivity index (χ1n) is 4.87. The maximum atomic E-state index is 11.8. The van der Waals surface area contributed by atoms with E-state index in [4.69, 9.17) is 4.42 Å². The molecule has 86 valence electrons. The maximum Gasteiger partial charge on any atom is 0.392 e. The van der Waals surface area contributed by atoms with Crippen LogP contribution in [0.3, 0.4) is 0 Å². The third-order valence-corrected chi connectivity index (χ3v) is 2.62. The van der Waals surface area contributed by atoms with E-state index in [0.29, 0.717) is 17.3 Å². The third-order valence-electron chi connectivity index (χ3n) is 2.62. The minimum absolute atomic E-state index is 0. The second-order valence-corrected chi connectivity index (χ2v) is 3.66. The minimum atomic E-state index is 0. The Kier molecular flexibility index (Phi) is 3.60. The predicted molar refractivity (Wildman–Crippen MR) is 57.3 cm³/mol. The normalized spacial score (nSPS) is 9.94. The molecule has 0 amide bonds. The number of aromatic nitrogens is 1. The number of aryl methyl sites for hydroxylation is 2. The van der Waals surface area contributed by atoms with E-state index in [1.165, 1.54) is 0 Å². The lowest BCUT2D eigenvalue weighted by molar-refractivity contribution is -0.602. The summed E-state index contributed by atoms with van der Waals surface area (Å²) in [5.41, 5.74) is 2.51. The molecule has 16 heavy (non-hydrogen) atoms. The van der Waals surface area contributed by atoms with Crippen LogP contribution >= 0.6 is 0 Å². The Labute approximate surface area is 101 Å². The lowest BCUT2D eigenvalue weighted by atomic mass is 10.1. The summed E-state index contributed by atoms with van der Waals surface area (Å²) in [6, 6.07) is 7.69. The van der Waals surface area contributed by atoms with Crippen LogP contribution < -0.4 is 17.1 Å². The first-order chi connectivity index (χ1) is 7.11. The molecule has 0 atom stereocenters. The zero-order valence-electron chi connectivity index (χ0n) is 9.45. The molecule has 0 unspecified atom stereocenters. The monoisotopic (exact) mass is 238 g/mol. The number of halogens is 1. The summed E-state index contributed by atoms with van der Waals surface area (Å²) in [5.74, 6) is 1.05. The lowest BCUT2D eigenvalue weighted by Crippen LogP contribution is -3.00. The molecule has 0 aliphatic carbocycles. The fraction of sp³-hybridized carbons (Fsp3) is 0.250. The van der Waals surface area contributed by atoms with Gasteiger partial charge in [-0.25, -0.2) is 0 Å². The molecule has 2 aromatic rings. The first-order valence-corrected chi connectivity index (χ1v) is 4.87. The second-order valence-electron chi connectivity index (χ2n) is 3.66. The van der Waals surface area contributed by atoms with Crippen molar-refractivity contribution in [3.63, 3.8) is 0 Å². The van der Waals surface area contributed by atoms with Gasteiger partial charge in [-0.15, -0.1) is 4.73 Å². The molecule has 0 fully saturated rings. The summed E-state index contributed by atoms with van der Waals surface area (Å²) in [6.07, 6.45) is 0. The molecule has 2 rings (SSSR count). The Balaban J connectivity index is 0.00000128. The Morgan fingerprint density at radius 1 is 1.12 bits per heavy atom. The Bertz CT molecular complexity index is 506. The molecular formula is C12H13ClNO2-. The summed E-state index contributed by atoms with van der Waals surface area (Å²) in [4.78, 5) is 0. The molecular weight excluding hydrogens is 226 g/mol. The Hall–Kier alpha value is -1.48. The van der Waals surface area contributed by atoms with E-state index < -0.39 is 0 Å². The Morgan fingerprint density at radius 2 is 1.75 bits per heavy atom. The van der Waals surface area contributed by atoms with E-state index in [1.54, 1.807) is 13.8 Å². The lowest BCUT2D eigenvalue weighted by Gasteiger charge is -2.00. The highest BCUT2D eigenvalue weighted by atomic mass is 35.5. The van der Waals surface area contributed by atoms with E-state index in [-0.39, 0.29) is 12.4 Å². The van der Waals surface area contributed by atoms with Gasteiger partial charge in [0.05, 0.1) is 5.56 Å². The standard InChI is InChI=1S/C12H13NO2.ClH/c1-8-6-4-5-7-11(8)12-13(14)9(2)10(3)15-12;/h4-7H,1-3H3;1H/p-1. The van der Waals surface area contributed by atoms with Crippen LogP contribution in [0.25, 0.3) is 11.5 Å². The molecule has 0 bridgehead atoms. The van der Waals surface area contributed by atoms with Crippen molar-refractivity contribution in [2.24, 2.45) is 0 Å². The summed E-state index contributed by atoms with van der Waals surface area (Å²) < 4.78 is 6.31. The average Bonchev–Trinajstić information content (AvgIpc) is 2.47. The van der Waals surface area contributed by atoms with E-state index in [2.05, 4.69) is 0 Å². The van der Waals surface area contributed by atoms with Gasteiger partial charge in [-0.1, -0.05) is 18.2 Å². The fourth-order valence-corrected chi connectivity index (χ4v) is 1.53. The average molecular weight is 239 g/mol. The van der Waals surface area contributed by atoms with Crippen LogP contribution in [0.15, 0.2) is 28.7 Å². The van der Waals surface area contributed by atoms with Gasteiger partial charge in [0.2, 0.25) is 5.69 Å². The molecule has 0 aliphatic rings. The zero-order chi connectivity index (χ0) is 11.0. The van der Waals surface area contributed by atoms with E-state index in [1.807, 2.05) is 31.2 Å². The highest BCUT2D eigenvalue weighted by Crippen LogP contribution is 2.22. The molecule has 0 saturated carbocycles. The zero-order valence-corrected chi connectivity index (χ0v) is 10.2. The van der Waals surface area contributed by atoms with Gasteiger partial charge in [-0.05, 0) is 18.6 Å². The van der Waals surface area contributed by atoms with Crippen molar-refractivity contribution >= 4 is 0 Å². The molecule has 0 saturated heterocycles. The summed E-state index contributed by atoms with van der Waals surface area (Å²) in [5, 5.41) is 11.8. The van der Waals surface area contributed by atoms with E-state index in [9.17, 15) is 5.21 Å². The molecule has 4 heteroatoms.